The Morgan fingerprint density at radius 2 is 1.77 bits per heavy atom. The van der Waals surface area contributed by atoms with E-state index in [1.54, 1.807) is 0 Å². The van der Waals surface area contributed by atoms with Gasteiger partial charge in [-0.15, -0.1) is 0 Å². The molecule has 0 saturated carbocycles. The summed E-state index contributed by atoms with van der Waals surface area (Å²) >= 11 is 0. The van der Waals surface area contributed by atoms with Gasteiger partial charge in [-0.2, -0.15) is 0 Å². The van der Waals surface area contributed by atoms with Gasteiger partial charge >= 0.3 is 0 Å². The number of rotatable bonds is 6. The molecule has 0 aliphatic carbocycles. The summed E-state index contributed by atoms with van der Waals surface area (Å²) in [6.07, 6.45) is 4.06. The van der Waals surface area contributed by atoms with Crippen molar-refractivity contribution < 1.29 is 9.90 Å². The Bertz CT molecular complexity index is 145. The van der Waals surface area contributed by atoms with E-state index in [4.69, 9.17) is 5.11 Å². The van der Waals surface area contributed by atoms with E-state index in [0.29, 0.717) is 18.6 Å². The van der Waals surface area contributed by atoms with Crippen LogP contribution in [0.3, 0.4) is 0 Å². The molecule has 0 aliphatic rings. The quantitative estimate of drug-likeness (QED) is 0.647. The highest BCUT2D eigenvalue weighted by Gasteiger charge is 2.14. The van der Waals surface area contributed by atoms with E-state index in [2.05, 4.69) is 20.8 Å². The molecule has 2 nitrogen and oxygen atoms in total. The van der Waals surface area contributed by atoms with E-state index in [1.165, 1.54) is 0 Å². The highest BCUT2D eigenvalue weighted by Crippen LogP contribution is 2.20. The fourth-order valence-electron chi connectivity index (χ4n) is 1.29. The minimum absolute atomic E-state index is 0.119. The SMILES string of the molecule is CC(C)(C)CC(=O)CCCCCO. The molecular formula is C11H22O2. The van der Waals surface area contributed by atoms with Crippen LogP contribution in [0.5, 0.6) is 0 Å². The van der Waals surface area contributed by atoms with Crippen LogP contribution in [0.2, 0.25) is 0 Å². The van der Waals surface area contributed by atoms with Crippen molar-refractivity contribution in [3.8, 4) is 0 Å². The third-order valence-electron chi connectivity index (χ3n) is 1.84. The summed E-state index contributed by atoms with van der Waals surface area (Å²) in [7, 11) is 0. The van der Waals surface area contributed by atoms with Crippen LogP contribution in [-0.2, 0) is 4.79 Å². The van der Waals surface area contributed by atoms with Gasteiger partial charge in [0.15, 0.2) is 0 Å². The number of hydrogen-bond acceptors (Lipinski definition) is 2. The molecule has 0 aliphatic heterocycles. The summed E-state index contributed by atoms with van der Waals surface area (Å²) in [6.45, 7) is 6.49. The number of carbonyl (C=O) groups is 1. The Morgan fingerprint density at radius 3 is 2.23 bits per heavy atom. The molecule has 0 heterocycles. The van der Waals surface area contributed by atoms with Crippen LogP contribution in [0, 0.1) is 5.41 Å². The lowest BCUT2D eigenvalue weighted by atomic mass is 9.88. The first-order valence-electron chi connectivity index (χ1n) is 5.08. The average molecular weight is 186 g/mol. The molecule has 0 bridgehead atoms. The van der Waals surface area contributed by atoms with Crippen molar-refractivity contribution in [2.24, 2.45) is 5.41 Å². The van der Waals surface area contributed by atoms with Crippen LogP contribution in [0.25, 0.3) is 0 Å². The number of aliphatic hydroxyl groups is 1. The molecule has 0 aromatic rings. The topological polar surface area (TPSA) is 37.3 Å². The second-order valence-electron chi connectivity index (χ2n) is 4.81. The second-order valence-corrected chi connectivity index (χ2v) is 4.81. The van der Waals surface area contributed by atoms with Crippen molar-refractivity contribution in [3.63, 3.8) is 0 Å². The van der Waals surface area contributed by atoms with Gasteiger partial charge in [0.25, 0.3) is 0 Å². The number of unbranched alkanes of at least 4 members (excludes halogenated alkanes) is 2. The summed E-state index contributed by atoms with van der Waals surface area (Å²) in [6, 6.07) is 0. The molecule has 13 heavy (non-hydrogen) atoms. The molecule has 0 saturated heterocycles. The Labute approximate surface area is 81.3 Å². The number of Topliss-reactive ketones (excluding diaryl/α,β-unsaturated/α-hetero) is 1. The van der Waals surface area contributed by atoms with Crippen molar-refractivity contribution in [1.82, 2.24) is 0 Å². The normalized spacial score (nSPS) is 11.7. The smallest absolute Gasteiger partial charge is 0.133 e. The molecular weight excluding hydrogens is 164 g/mol. The standard InChI is InChI=1S/C11H22O2/c1-11(2,3)9-10(13)7-5-4-6-8-12/h12H,4-9H2,1-3H3. The molecule has 0 rings (SSSR count). The van der Waals surface area contributed by atoms with Gasteiger partial charge in [0.1, 0.15) is 5.78 Å². The molecule has 0 unspecified atom stereocenters. The molecule has 0 atom stereocenters. The van der Waals surface area contributed by atoms with Crippen molar-refractivity contribution in [3.05, 3.63) is 0 Å². The summed E-state index contributed by atoms with van der Waals surface area (Å²) in [4.78, 5) is 11.4. The van der Waals surface area contributed by atoms with Crippen molar-refractivity contribution in [2.45, 2.75) is 52.9 Å². The summed E-state index contributed by atoms with van der Waals surface area (Å²) in [5.41, 5.74) is 0.119. The fraction of sp³-hybridized carbons (Fsp3) is 0.909. The summed E-state index contributed by atoms with van der Waals surface area (Å²) in [5, 5.41) is 8.53. The minimum atomic E-state index is 0.119. The fourth-order valence-corrected chi connectivity index (χ4v) is 1.29. The van der Waals surface area contributed by atoms with E-state index in [9.17, 15) is 4.79 Å². The van der Waals surface area contributed by atoms with E-state index in [0.717, 1.165) is 19.3 Å². The molecule has 0 fully saturated rings. The van der Waals surface area contributed by atoms with E-state index < -0.39 is 0 Å². The van der Waals surface area contributed by atoms with Crippen LogP contribution >= 0.6 is 0 Å². The number of aliphatic hydroxyl groups excluding tert-OH is 1. The monoisotopic (exact) mass is 186 g/mol. The number of hydrogen-bond donors (Lipinski definition) is 1. The summed E-state index contributed by atoms with van der Waals surface area (Å²) in [5.74, 6) is 0.352. The van der Waals surface area contributed by atoms with Gasteiger partial charge in [-0.1, -0.05) is 27.2 Å². The summed E-state index contributed by atoms with van der Waals surface area (Å²) < 4.78 is 0. The molecule has 1 N–H and O–H groups in total. The zero-order valence-corrected chi connectivity index (χ0v) is 9.10. The molecule has 0 spiro atoms. The van der Waals surface area contributed by atoms with Gasteiger partial charge in [-0.25, -0.2) is 0 Å². The maximum Gasteiger partial charge on any atom is 0.133 e. The minimum Gasteiger partial charge on any atom is -0.396 e. The Hall–Kier alpha value is -0.370. The van der Waals surface area contributed by atoms with Gasteiger partial charge in [-0.3, -0.25) is 4.79 Å². The Balaban J connectivity index is 3.41. The Kier molecular flexibility index (Phi) is 5.97. The lowest BCUT2D eigenvalue weighted by molar-refractivity contribution is -0.120. The molecule has 0 radical (unpaired) electrons. The lowest BCUT2D eigenvalue weighted by Gasteiger charge is -2.16. The highest BCUT2D eigenvalue weighted by molar-refractivity contribution is 5.78. The molecule has 0 aromatic heterocycles. The highest BCUT2D eigenvalue weighted by atomic mass is 16.2. The van der Waals surface area contributed by atoms with Crippen LogP contribution in [0.4, 0.5) is 0 Å². The molecule has 0 aromatic carbocycles. The maximum atomic E-state index is 11.4. The maximum absolute atomic E-state index is 11.4. The zero-order chi connectivity index (χ0) is 10.3. The third-order valence-corrected chi connectivity index (χ3v) is 1.84. The van der Waals surface area contributed by atoms with E-state index >= 15 is 0 Å². The third kappa shape index (κ3) is 9.54. The van der Waals surface area contributed by atoms with Gasteiger partial charge in [-0.05, 0) is 18.3 Å². The van der Waals surface area contributed by atoms with Crippen molar-refractivity contribution >= 4 is 5.78 Å². The number of carbonyl (C=O) groups excluding carboxylic acids is 1. The van der Waals surface area contributed by atoms with Crippen molar-refractivity contribution in [2.75, 3.05) is 6.61 Å². The second kappa shape index (κ2) is 6.14. The van der Waals surface area contributed by atoms with Crippen LogP contribution in [-0.4, -0.2) is 17.5 Å². The van der Waals surface area contributed by atoms with Crippen molar-refractivity contribution in [1.29, 1.82) is 0 Å². The lowest BCUT2D eigenvalue weighted by Crippen LogP contribution is -2.12. The first kappa shape index (κ1) is 12.6. The van der Waals surface area contributed by atoms with Gasteiger partial charge < -0.3 is 5.11 Å². The van der Waals surface area contributed by atoms with Crippen LogP contribution in [0.1, 0.15) is 52.9 Å². The van der Waals surface area contributed by atoms with Gasteiger partial charge in [0, 0.05) is 19.4 Å². The first-order chi connectivity index (χ1) is 5.95. The van der Waals surface area contributed by atoms with Crippen LogP contribution in [0.15, 0.2) is 0 Å². The van der Waals surface area contributed by atoms with E-state index in [-0.39, 0.29) is 12.0 Å². The van der Waals surface area contributed by atoms with Gasteiger partial charge in [0.05, 0.1) is 0 Å². The van der Waals surface area contributed by atoms with E-state index in [1.807, 2.05) is 0 Å². The predicted octanol–water partition coefficient (Wildman–Crippen LogP) is 2.54. The molecule has 78 valence electrons. The number of ketones is 1. The molecule has 2 heteroatoms. The molecule has 0 amide bonds. The zero-order valence-electron chi connectivity index (χ0n) is 9.10. The van der Waals surface area contributed by atoms with Crippen LogP contribution < -0.4 is 0 Å². The van der Waals surface area contributed by atoms with Gasteiger partial charge in [0.2, 0.25) is 0 Å². The largest absolute Gasteiger partial charge is 0.396 e. The predicted molar refractivity (Wildman–Crippen MR) is 54.6 cm³/mol. The first-order valence-corrected chi connectivity index (χ1v) is 5.08. The Morgan fingerprint density at radius 1 is 1.15 bits per heavy atom. The average Bonchev–Trinajstić information content (AvgIpc) is 1.94.